The molecule has 5 amide bonds. The van der Waals surface area contributed by atoms with Crippen molar-refractivity contribution in [1.29, 1.82) is 0 Å². The van der Waals surface area contributed by atoms with Crippen LogP contribution < -0.4 is 10.2 Å². The van der Waals surface area contributed by atoms with Crippen LogP contribution in [0.5, 0.6) is 0 Å². The number of aromatic nitrogens is 1. The number of urea groups is 1. The number of para-hydroxylation sites is 1. The Morgan fingerprint density at radius 2 is 1.83 bits per heavy atom. The quantitative estimate of drug-likeness (QED) is 0.446. The monoisotopic (exact) mass is 492 g/mol. The molecule has 3 heterocycles. The molecule has 0 saturated carbocycles. The maximum atomic E-state index is 13.2. The molecule has 10 heteroatoms. The molecule has 1 aromatic heterocycles. The smallest absolute Gasteiger partial charge is 0.335 e. The van der Waals surface area contributed by atoms with Crippen LogP contribution in [-0.4, -0.2) is 59.5 Å². The number of hydrogen-bond acceptors (Lipinski definition) is 5. The first-order valence-corrected chi connectivity index (χ1v) is 11.4. The van der Waals surface area contributed by atoms with Gasteiger partial charge in [0.25, 0.3) is 11.8 Å². The molecule has 2 aliphatic rings. The molecule has 178 valence electrons. The standard InChI is InChI=1S/C25H21ClN4O5/c26-17-4-3-5-18(13-17)30-24(33)20(23(32)27-25(30)34)12-16-14-29(21-7-2-1-6-19(16)21)15-22(31)28-8-10-35-11-9-28/h1-7,12-14H,8-11,15H2,(H,27,32,34). The molecule has 2 aromatic carbocycles. The third-order valence-electron chi connectivity index (χ3n) is 5.96. The Bertz CT molecular complexity index is 1390. The number of rotatable bonds is 4. The number of nitrogens with zero attached hydrogens (tertiary/aromatic N) is 3. The number of fused-ring (bicyclic) bond motifs is 1. The van der Waals surface area contributed by atoms with E-state index in [0.29, 0.717) is 36.9 Å². The van der Waals surface area contributed by atoms with Crippen molar-refractivity contribution in [2.24, 2.45) is 0 Å². The van der Waals surface area contributed by atoms with Crippen LogP contribution in [-0.2, 0) is 25.7 Å². The maximum Gasteiger partial charge on any atom is 0.335 e. The molecule has 2 fully saturated rings. The number of barbiturate groups is 1. The zero-order valence-corrected chi connectivity index (χ0v) is 19.3. The Labute approximate surface area is 205 Å². The molecule has 5 rings (SSSR count). The molecule has 35 heavy (non-hydrogen) atoms. The van der Waals surface area contributed by atoms with Crippen molar-refractivity contribution in [3.05, 3.63) is 70.9 Å². The van der Waals surface area contributed by atoms with Crippen LogP contribution in [0.4, 0.5) is 10.5 Å². The summed E-state index contributed by atoms with van der Waals surface area (Å²) in [6.45, 7) is 2.20. The van der Waals surface area contributed by atoms with Crippen LogP contribution in [0.25, 0.3) is 17.0 Å². The maximum absolute atomic E-state index is 13.2. The Morgan fingerprint density at radius 1 is 1.06 bits per heavy atom. The average Bonchev–Trinajstić information content (AvgIpc) is 3.19. The van der Waals surface area contributed by atoms with E-state index < -0.39 is 17.8 Å². The van der Waals surface area contributed by atoms with Gasteiger partial charge in [0.2, 0.25) is 5.91 Å². The van der Waals surface area contributed by atoms with Gasteiger partial charge in [-0.1, -0.05) is 35.9 Å². The number of carbonyl (C=O) groups excluding carboxylic acids is 4. The second-order valence-electron chi connectivity index (χ2n) is 8.16. The third kappa shape index (κ3) is 4.43. The summed E-state index contributed by atoms with van der Waals surface area (Å²) in [5, 5.41) is 3.33. The molecule has 2 aliphatic heterocycles. The minimum Gasteiger partial charge on any atom is -0.378 e. The second-order valence-corrected chi connectivity index (χ2v) is 8.60. The second kappa shape index (κ2) is 9.36. The highest BCUT2D eigenvalue weighted by molar-refractivity contribution is 6.39. The minimum absolute atomic E-state index is 0.0440. The predicted octanol–water partition coefficient (Wildman–Crippen LogP) is 2.82. The fraction of sp³-hybridized carbons (Fsp3) is 0.200. The molecular formula is C25H21ClN4O5. The third-order valence-corrected chi connectivity index (χ3v) is 6.19. The van der Waals surface area contributed by atoms with Crippen molar-refractivity contribution >= 4 is 58.0 Å². The summed E-state index contributed by atoms with van der Waals surface area (Å²) in [6.07, 6.45) is 3.18. The number of nitrogens with one attached hydrogen (secondary N) is 1. The van der Waals surface area contributed by atoms with Gasteiger partial charge < -0.3 is 14.2 Å². The molecule has 0 atom stereocenters. The van der Waals surface area contributed by atoms with Crippen molar-refractivity contribution in [1.82, 2.24) is 14.8 Å². The molecule has 0 radical (unpaired) electrons. The van der Waals surface area contributed by atoms with Crippen LogP contribution in [0, 0.1) is 0 Å². The van der Waals surface area contributed by atoms with Gasteiger partial charge in [0.1, 0.15) is 12.1 Å². The van der Waals surface area contributed by atoms with Gasteiger partial charge in [-0.05, 0) is 30.3 Å². The summed E-state index contributed by atoms with van der Waals surface area (Å²) in [5.41, 5.74) is 1.41. The molecule has 0 unspecified atom stereocenters. The summed E-state index contributed by atoms with van der Waals surface area (Å²) in [7, 11) is 0. The zero-order chi connectivity index (χ0) is 24.5. The van der Waals surface area contributed by atoms with Gasteiger partial charge in [-0.25, -0.2) is 9.69 Å². The predicted molar refractivity (Wildman–Crippen MR) is 130 cm³/mol. The fourth-order valence-corrected chi connectivity index (χ4v) is 4.43. The normalized spacial score (nSPS) is 17.9. The molecule has 3 aromatic rings. The number of carbonyl (C=O) groups is 4. The SMILES string of the molecule is O=C1NC(=O)N(c2cccc(Cl)c2)C(=O)C1=Cc1cn(CC(=O)N2CCOCC2)c2ccccc12. The Morgan fingerprint density at radius 3 is 2.60 bits per heavy atom. The van der Waals surface area contributed by atoms with Crippen LogP contribution in [0.15, 0.2) is 60.3 Å². The average molecular weight is 493 g/mol. The van der Waals surface area contributed by atoms with Crippen molar-refractivity contribution in [2.75, 3.05) is 31.2 Å². The summed E-state index contributed by atoms with van der Waals surface area (Å²) >= 11 is 6.03. The first-order chi connectivity index (χ1) is 16.9. The fourth-order valence-electron chi connectivity index (χ4n) is 4.24. The number of imide groups is 2. The molecular weight excluding hydrogens is 472 g/mol. The van der Waals surface area contributed by atoms with Crippen molar-refractivity contribution in [2.45, 2.75) is 6.54 Å². The largest absolute Gasteiger partial charge is 0.378 e. The van der Waals surface area contributed by atoms with Gasteiger partial charge in [-0.3, -0.25) is 19.7 Å². The van der Waals surface area contributed by atoms with E-state index in [0.717, 1.165) is 15.8 Å². The number of ether oxygens (including phenoxy) is 1. The highest BCUT2D eigenvalue weighted by atomic mass is 35.5. The van der Waals surface area contributed by atoms with E-state index in [1.807, 2.05) is 24.3 Å². The van der Waals surface area contributed by atoms with E-state index in [1.54, 1.807) is 33.9 Å². The zero-order valence-electron chi connectivity index (χ0n) is 18.6. The summed E-state index contributed by atoms with van der Waals surface area (Å²) < 4.78 is 7.12. The van der Waals surface area contributed by atoms with E-state index in [2.05, 4.69) is 5.32 Å². The highest BCUT2D eigenvalue weighted by Crippen LogP contribution is 2.27. The van der Waals surface area contributed by atoms with Gasteiger partial charge in [0, 0.05) is 40.8 Å². The van der Waals surface area contributed by atoms with E-state index in [-0.39, 0.29) is 23.7 Å². The van der Waals surface area contributed by atoms with E-state index in [1.165, 1.54) is 12.1 Å². The topological polar surface area (TPSA) is 101 Å². The number of hydrogen-bond donors (Lipinski definition) is 1. The number of halogens is 1. The number of morpholine rings is 1. The van der Waals surface area contributed by atoms with E-state index in [4.69, 9.17) is 16.3 Å². The number of anilines is 1. The first-order valence-electron chi connectivity index (χ1n) is 11.0. The lowest BCUT2D eigenvalue weighted by molar-refractivity contribution is -0.135. The lowest BCUT2D eigenvalue weighted by atomic mass is 10.1. The van der Waals surface area contributed by atoms with Gasteiger partial charge in [0.15, 0.2) is 0 Å². The van der Waals surface area contributed by atoms with E-state index >= 15 is 0 Å². The van der Waals surface area contributed by atoms with Crippen LogP contribution in [0.2, 0.25) is 5.02 Å². The molecule has 0 aliphatic carbocycles. The molecule has 2 saturated heterocycles. The van der Waals surface area contributed by atoms with Crippen molar-refractivity contribution in [3.8, 4) is 0 Å². The number of amides is 5. The summed E-state index contributed by atoms with van der Waals surface area (Å²) in [5.74, 6) is -1.60. The number of benzene rings is 2. The Balaban J connectivity index is 1.51. The van der Waals surface area contributed by atoms with Crippen molar-refractivity contribution < 1.29 is 23.9 Å². The summed E-state index contributed by atoms with van der Waals surface area (Å²) in [6, 6.07) is 12.8. The van der Waals surface area contributed by atoms with Crippen molar-refractivity contribution in [3.63, 3.8) is 0 Å². The first kappa shape index (κ1) is 22.8. The Kier molecular flexibility index (Phi) is 6.10. The lowest BCUT2D eigenvalue weighted by Crippen LogP contribution is -2.54. The molecule has 9 nitrogen and oxygen atoms in total. The molecule has 0 spiro atoms. The van der Waals surface area contributed by atoms with Gasteiger partial charge in [-0.15, -0.1) is 0 Å². The molecule has 0 bridgehead atoms. The lowest BCUT2D eigenvalue weighted by Gasteiger charge is -2.27. The van der Waals surface area contributed by atoms with Gasteiger partial charge >= 0.3 is 6.03 Å². The molecule has 1 N–H and O–H groups in total. The minimum atomic E-state index is -0.849. The van der Waals surface area contributed by atoms with E-state index in [9.17, 15) is 19.2 Å². The van der Waals surface area contributed by atoms with Crippen LogP contribution >= 0.6 is 11.6 Å². The van der Waals surface area contributed by atoms with Crippen LogP contribution in [0.3, 0.4) is 0 Å². The van der Waals surface area contributed by atoms with Gasteiger partial charge in [-0.2, -0.15) is 0 Å². The highest BCUT2D eigenvalue weighted by Gasteiger charge is 2.37. The van der Waals surface area contributed by atoms with Crippen LogP contribution in [0.1, 0.15) is 5.56 Å². The Hall–Kier alpha value is -3.95. The summed E-state index contributed by atoms with van der Waals surface area (Å²) in [4.78, 5) is 53.8. The van der Waals surface area contributed by atoms with Gasteiger partial charge in [0.05, 0.1) is 18.9 Å².